The van der Waals surface area contributed by atoms with Crippen molar-refractivity contribution in [3.05, 3.63) is 103 Å². The van der Waals surface area contributed by atoms with Gasteiger partial charge in [-0.15, -0.1) is 0 Å². The highest BCUT2D eigenvalue weighted by Gasteiger charge is 2.39. The van der Waals surface area contributed by atoms with Crippen LogP contribution >= 0.6 is 0 Å². The Bertz CT molecular complexity index is 1430. The van der Waals surface area contributed by atoms with Crippen molar-refractivity contribution in [2.75, 3.05) is 10.6 Å². The first-order chi connectivity index (χ1) is 17.0. The van der Waals surface area contributed by atoms with E-state index >= 15 is 0 Å². The number of amides is 1. The first-order valence-corrected chi connectivity index (χ1v) is 10.6. The molecule has 1 aliphatic rings. The van der Waals surface area contributed by atoms with E-state index in [0.717, 1.165) is 29.3 Å². The van der Waals surface area contributed by atoms with Crippen molar-refractivity contribution < 1.29 is 13.6 Å². The zero-order valence-corrected chi connectivity index (χ0v) is 18.2. The SMILES string of the molecule is O=C(Nc1cnccc1-c1ccccc1)C1(Nc2cnn(-c3cc(F)ccc3F)c2)N=CC=CN1. The smallest absolute Gasteiger partial charge is 0.295 e. The first kappa shape index (κ1) is 22.0. The molecule has 1 unspecified atom stereocenters. The standard InChI is InChI=1S/C25H19F2N7O/c26-18-7-8-21(27)23(13-18)34-16-19(14-31-34)33-25(29-10-4-11-30-25)24(35)32-22-15-28-12-9-20(22)17-5-2-1-3-6-17/h1-16,29,33H,(H,32,35). The Morgan fingerprint density at radius 1 is 1.06 bits per heavy atom. The zero-order valence-electron chi connectivity index (χ0n) is 18.2. The summed E-state index contributed by atoms with van der Waals surface area (Å²) in [5, 5.41) is 12.9. The molecule has 0 radical (unpaired) electrons. The second kappa shape index (κ2) is 9.18. The molecule has 3 N–H and O–H groups in total. The van der Waals surface area contributed by atoms with Gasteiger partial charge in [-0.2, -0.15) is 5.10 Å². The minimum absolute atomic E-state index is 0.0700. The van der Waals surface area contributed by atoms with Crippen LogP contribution in [0.15, 0.2) is 96.7 Å². The molecule has 8 nitrogen and oxygen atoms in total. The number of anilines is 2. The van der Waals surface area contributed by atoms with Crippen LogP contribution in [0.2, 0.25) is 0 Å². The molecule has 35 heavy (non-hydrogen) atoms. The number of nitrogens with zero attached hydrogens (tertiary/aromatic N) is 4. The number of rotatable bonds is 6. The molecule has 3 heterocycles. The number of allylic oxidation sites excluding steroid dienone is 1. The molecule has 0 saturated heterocycles. The molecule has 4 aromatic rings. The minimum Gasteiger partial charge on any atom is -0.343 e. The number of aromatic nitrogens is 3. The average molecular weight is 471 g/mol. The van der Waals surface area contributed by atoms with Gasteiger partial charge < -0.3 is 16.0 Å². The summed E-state index contributed by atoms with van der Waals surface area (Å²) in [6.45, 7) is 0. The number of halogens is 2. The van der Waals surface area contributed by atoms with Gasteiger partial charge >= 0.3 is 0 Å². The van der Waals surface area contributed by atoms with Gasteiger partial charge in [-0.25, -0.2) is 18.5 Å². The van der Waals surface area contributed by atoms with E-state index in [2.05, 4.69) is 31.0 Å². The summed E-state index contributed by atoms with van der Waals surface area (Å²) in [6.07, 6.45) is 10.7. The Balaban J connectivity index is 1.43. The maximum absolute atomic E-state index is 14.2. The lowest BCUT2D eigenvalue weighted by molar-refractivity contribution is -0.120. The highest BCUT2D eigenvalue weighted by atomic mass is 19.1. The predicted molar refractivity (Wildman–Crippen MR) is 129 cm³/mol. The van der Waals surface area contributed by atoms with E-state index in [1.165, 1.54) is 23.3 Å². The van der Waals surface area contributed by atoms with Crippen LogP contribution in [0.25, 0.3) is 16.8 Å². The molecule has 0 aliphatic carbocycles. The summed E-state index contributed by atoms with van der Waals surface area (Å²) >= 11 is 0. The maximum atomic E-state index is 14.2. The largest absolute Gasteiger partial charge is 0.343 e. The quantitative estimate of drug-likeness (QED) is 0.394. The number of aliphatic imine (C=N–C) groups is 1. The van der Waals surface area contributed by atoms with Crippen molar-refractivity contribution in [3.63, 3.8) is 0 Å². The lowest BCUT2D eigenvalue weighted by Crippen LogP contribution is -2.58. The van der Waals surface area contributed by atoms with Crippen LogP contribution in [0.1, 0.15) is 0 Å². The topological polar surface area (TPSA) is 96.2 Å². The summed E-state index contributed by atoms with van der Waals surface area (Å²) in [7, 11) is 0. The Morgan fingerprint density at radius 2 is 1.91 bits per heavy atom. The molecule has 10 heteroatoms. The van der Waals surface area contributed by atoms with Crippen molar-refractivity contribution in [2.45, 2.75) is 5.79 Å². The van der Waals surface area contributed by atoms with Crippen LogP contribution in [-0.4, -0.2) is 32.7 Å². The van der Waals surface area contributed by atoms with Gasteiger partial charge in [0.25, 0.3) is 11.7 Å². The van der Waals surface area contributed by atoms with Crippen LogP contribution < -0.4 is 16.0 Å². The van der Waals surface area contributed by atoms with Crippen molar-refractivity contribution in [3.8, 4) is 16.8 Å². The number of hydrogen-bond acceptors (Lipinski definition) is 6. The number of benzene rings is 2. The van der Waals surface area contributed by atoms with Crippen LogP contribution in [0, 0.1) is 11.6 Å². The van der Waals surface area contributed by atoms with E-state index in [4.69, 9.17) is 0 Å². The lowest BCUT2D eigenvalue weighted by atomic mass is 10.1. The second-order valence-electron chi connectivity index (χ2n) is 7.63. The molecule has 5 rings (SSSR count). The summed E-state index contributed by atoms with van der Waals surface area (Å²) in [5.41, 5.74) is 2.46. The fourth-order valence-electron chi connectivity index (χ4n) is 3.62. The van der Waals surface area contributed by atoms with Gasteiger partial charge in [0.1, 0.15) is 17.3 Å². The van der Waals surface area contributed by atoms with Gasteiger partial charge in [0, 0.05) is 30.2 Å². The monoisotopic (exact) mass is 471 g/mol. The van der Waals surface area contributed by atoms with E-state index in [9.17, 15) is 13.6 Å². The number of nitrogens with one attached hydrogen (secondary N) is 3. The molecule has 0 saturated carbocycles. The third kappa shape index (κ3) is 4.49. The number of carbonyl (C=O) groups is 1. The normalized spacial score (nSPS) is 16.5. The van der Waals surface area contributed by atoms with Gasteiger partial charge in [-0.1, -0.05) is 30.3 Å². The molecule has 0 bridgehead atoms. The molecule has 2 aromatic heterocycles. The molecular formula is C25H19F2N7O. The Labute approximate surface area is 199 Å². The summed E-state index contributed by atoms with van der Waals surface area (Å²) in [6, 6.07) is 14.5. The van der Waals surface area contributed by atoms with E-state index in [-0.39, 0.29) is 5.69 Å². The van der Waals surface area contributed by atoms with Gasteiger partial charge in [-0.05, 0) is 29.8 Å². The average Bonchev–Trinajstić information content (AvgIpc) is 3.35. The third-order valence-electron chi connectivity index (χ3n) is 5.29. The number of pyridine rings is 1. The fourth-order valence-corrected chi connectivity index (χ4v) is 3.62. The second-order valence-corrected chi connectivity index (χ2v) is 7.63. The Morgan fingerprint density at radius 3 is 2.71 bits per heavy atom. The van der Waals surface area contributed by atoms with Crippen molar-refractivity contribution >= 4 is 23.5 Å². The van der Waals surface area contributed by atoms with E-state index in [1.54, 1.807) is 30.7 Å². The highest BCUT2D eigenvalue weighted by Crippen LogP contribution is 2.28. The van der Waals surface area contributed by atoms with Crippen LogP contribution in [-0.2, 0) is 4.79 Å². The highest BCUT2D eigenvalue weighted by molar-refractivity contribution is 6.03. The molecule has 1 atom stereocenters. The van der Waals surface area contributed by atoms with Gasteiger partial charge in [0.05, 0.1) is 30.0 Å². The predicted octanol–water partition coefficient (Wildman–Crippen LogP) is 4.10. The van der Waals surface area contributed by atoms with Gasteiger partial charge in [-0.3, -0.25) is 9.78 Å². The van der Waals surface area contributed by atoms with Gasteiger partial charge in [0.15, 0.2) is 0 Å². The number of carbonyl (C=O) groups excluding carboxylic acids is 1. The third-order valence-corrected chi connectivity index (χ3v) is 5.29. The minimum atomic E-state index is -1.63. The molecule has 1 amide bonds. The van der Waals surface area contributed by atoms with E-state index in [0.29, 0.717) is 11.4 Å². The fraction of sp³-hybridized carbons (Fsp3) is 0.0400. The Hall–Kier alpha value is -4.86. The van der Waals surface area contributed by atoms with E-state index in [1.807, 2.05) is 30.3 Å². The van der Waals surface area contributed by atoms with Crippen molar-refractivity contribution in [1.82, 2.24) is 20.1 Å². The molecule has 0 spiro atoms. The molecule has 1 aliphatic heterocycles. The van der Waals surface area contributed by atoms with Crippen molar-refractivity contribution in [2.24, 2.45) is 4.99 Å². The van der Waals surface area contributed by atoms with Crippen LogP contribution in [0.4, 0.5) is 20.2 Å². The van der Waals surface area contributed by atoms with Crippen LogP contribution in [0.3, 0.4) is 0 Å². The van der Waals surface area contributed by atoms with Gasteiger partial charge in [0.2, 0.25) is 0 Å². The van der Waals surface area contributed by atoms with Crippen LogP contribution in [0.5, 0.6) is 0 Å². The molecule has 0 fully saturated rings. The van der Waals surface area contributed by atoms with Crippen molar-refractivity contribution in [1.29, 1.82) is 0 Å². The van der Waals surface area contributed by atoms with E-state index < -0.39 is 23.3 Å². The summed E-state index contributed by atoms with van der Waals surface area (Å²) in [5.74, 6) is -3.40. The lowest BCUT2D eigenvalue weighted by Gasteiger charge is -2.31. The summed E-state index contributed by atoms with van der Waals surface area (Å²) in [4.78, 5) is 22.0. The maximum Gasteiger partial charge on any atom is 0.295 e. The zero-order chi connectivity index (χ0) is 24.3. The first-order valence-electron chi connectivity index (χ1n) is 10.6. The number of hydrogen-bond donors (Lipinski definition) is 3. The molecule has 174 valence electrons. The Kier molecular flexibility index (Phi) is 5.76. The summed E-state index contributed by atoms with van der Waals surface area (Å²) < 4.78 is 29.0. The molecular weight excluding hydrogens is 452 g/mol. The molecule has 2 aromatic carbocycles.